The van der Waals surface area contributed by atoms with E-state index in [2.05, 4.69) is 0 Å². The van der Waals surface area contributed by atoms with Crippen LogP contribution in [0, 0.1) is 0 Å². The molecule has 3 aliphatic carbocycles. The highest BCUT2D eigenvalue weighted by atomic mass is 16.5. The van der Waals surface area contributed by atoms with Gasteiger partial charge in [0, 0.05) is 45.2 Å². The Labute approximate surface area is 174 Å². The van der Waals surface area contributed by atoms with Gasteiger partial charge in [-0.15, -0.1) is 0 Å². The lowest BCUT2D eigenvalue weighted by Gasteiger charge is -2.44. The van der Waals surface area contributed by atoms with Gasteiger partial charge in [-0.2, -0.15) is 0 Å². The molecule has 154 valence electrons. The van der Waals surface area contributed by atoms with E-state index in [4.69, 9.17) is 18.9 Å². The van der Waals surface area contributed by atoms with Crippen LogP contribution in [0.2, 0.25) is 0 Å². The average Bonchev–Trinajstić information content (AvgIpc) is 2.79. The lowest BCUT2D eigenvalue weighted by atomic mass is 9.59. The third-order valence-electron chi connectivity index (χ3n) is 6.27. The van der Waals surface area contributed by atoms with Crippen LogP contribution in [0.4, 0.5) is 0 Å². The van der Waals surface area contributed by atoms with Crippen molar-refractivity contribution in [3.05, 3.63) is 69.8 Å². The molecule has 0 atom stereocenters. The molecule has 0 fully saturated rings. The van der Waals surface area contributed by atoms with Crippen LogP contribution < -0.4 is 18.9 Å². The van der Waals surface area contributed by atoms with Gasteiger partial charge < -0.3 is 29.2 Å². The van der Waals surface area contributed by atoms with Crippen molar-refractivity contribution in [2.24, 2.45) is 0 Å². The molecule has 0 aromatic heterocycles. The van der Waals surface area contributed by atoms with Crippen LogP contribution >= 0.6 is 0 Å². The molecule has 0 amide bonds. The van der Waals surface area contributed by atoms with Crippen LogP contribution in [-0.4, -0.2) is 38.7 Å². The molecule has 2 bridgehead atoms. The van der Waals surface area contributed by atoms with Crippen molar-refractivity contribution < 1.29 is 29.2 Å². The van der Waals surface area contributed by atoms with Crippen molar-refractivity contribution in [3.8, 4) is 34.5 Å². The number of hydrogen-bond acceptors (Lipinski definition) is 6. The van der Waals surface area contributed by atoms with E-state index in [9.17, 15) is 10.2 Å². The standard InChI is InChI=1S/C24H22O6/c1-27-13-7-8-14(28-2)20-19(13)23-17-11(25)5-6-12(26)18(17)24(20)22-16(30-4)10-9-15(29-3)21(22)23/h5-10,23-26H,1-4H3. The number of benzene rings is 3. The highest BCUT2D eigenvalue weighted by Crippen LogP contribution is 2.66. The first-order valence-corrected chi connectivity index (χ1v) is 9.61. The lowest BCUT2D eigenvalue weighted by molar-refractivity contribution is 0.371. The summed E-state index contributed by atoms with van der Waals surface area (Å²) >= 11 is 0. The normalized spacial score (nSPS) is 17.6. The van der Waals surface area contributed by atoms with E-state index >= 15 is 0 Å². The summed E-state index contributed by atoms with van der Waals surface area (Å²) in [7, 11) is 6.49. The molecule has 3 aromatic rings. The maximum atomic E-state index is 10.9. The highest BCUT2D eigenvalue weighted by molar-refractivity contribution is 5.80. The third kappa shape index (κ3) is 2.13. The number of phenols is 2. The largest absolute Gasteiger partial charge is 0.508 e. The van der Waals surface area contributed by atoms with Gasteiger partial charge in [0.2, 0.25) is 0 Å². The average molecular weight is 406 g/mol. The summed E-state index contributed by atoms with van der Waals surface area (Å²) in [5, 5.41) is 21.8. The van der Waals surface area contributed by atoms with Gasteiger partial charge in [0.1, 0.15) is 34.5 Å². The second-order valence-electron chi connectivity index (χ2n) is 7.39. The molecular formula is C24H22O6. The first kappa shape index (κ1) is 18.5. The van der Waals surface area contributed by atoms with Crippen LogP contribution in [0.1, 0.15) is 45.2 Å². The van der Waals surface area contributed by atoms with Gasteiger partial charge in [0.15, 0.2) is 0 Å². The topological polar surface area (TPSA) is 77.4 Å². The third-order valence-corrected chi connectivity index (χ3v) is 6.27. The van der Waals surface area contributed by atoms with E-state index in [0.29, 0.717) is 34.1 Å². The molecule has 3 aliphatic rings. The lowest BCUT2D eigenvalue weighted by Crippen LogP contribution is -2.29. The van der Waals surface area contributed by atoms with Gasteiger partial charge in [-0.3, -0.25) is 0 Å². The van der Waals surface area contributed by atoms with Gasteiger partial charge in [0.25, 0.3) is 0 Å². The van der Waals surface area contributed by atoms with E-state index in [1.165, 1.54) is 12.1 Å². The van der Waals surface area contributed by atoms with E-state index in [1.807, 2.05) is 24.3 Å². The zero-order chi connectivity index (χ0) is 21.2. The molecule has 0 aliphatic heterocycles. The number of aromatic hydroxyl groups is 2. The molecule has 6 heteroatoms. The predicted octanol–water partition coefficient (Wildman–Crippen LogP) is 4.12. The van der Waals surface area contributed by atoms with Crippen LogP contribution in [0.25, 0.3) is 0 Å². The number of rotatable bonds is 4. The first-order chi connectivity index (χ1) is 14.6. The molecular weight excluding hydrogens is 384 g/mol. The Hall–Kier alpha value is -3.54. The van der Waals surface area contributed by atoms with Crippen LogP contribution in [0.15, 0.2) is 36.4 Å². The minimum atomic E-state index is -0.419. The molecule has 2 N–H and O–H groups in total. The fourth-order valence-electron chi connectivity index (χ4n) is 5.18. The molecule has 0 saturated heterocycles. The van der Waals surface area contributed by atoms with E-state index in [0.717, 1.165) is 22.3 Å². The summed E-state index contributed by atoms with van der Waals surface area (Å²) in [5.41, 5.74) is 4.89. The van der Waals surface area contributed by atoms with Gasteiger partial charge in [-0.05, 0) is 36.4 Å². The van der Waals surface area contributed by atoms with Crippen LogP contribution in [0.5, 0.6) is 34.5 Å². The minimum absolute atomic E-state index is 0.115. The summed E-state index contributed by atoms with van der Waals surface area (Å²) in [6, 6.07) is 10.5. The number of methoxy groups -OCH3 is 4. The maximum absolute atomic E-state index is 10.9. The number of phenolic OH excluding ortho intramolecular Hbond substituents is 2. The van der Waals surface area contributed by atoms with Crippen molar-refractivity contribution in [1.29, 1.82) is 0 Å². The Morgan fingerprint density at radius 1 is 0.467 bits per heavy atom. The fraction of sp³-hybridized carbons (Fsp3) is 0.250. The summed E-state index contributed by atoms with van der Waals surface area (Å²) < 4.78 is 22.9. The van der Waals surface area contributed by atoms with Gasteiger partial charge in [-0.25, -0.2) is 0 Å². The predicted molar refractivity (Wildman–Crippen MR) is 111 cm³/mol. The molecule has 3 aromatic carbocycles. The van der Waals surface area contributed by atoms with E-state index in [1.54, 1.807) is 28.4 Å². The van der Waals surface area contributed by atoms with Crippen LogP contribution in [-0.2, 0) is 0 Å². The first-order valence-electron chi connectivity index (χ1n) is 9.61. The monoisotopic (exact) mass is 406 g/mol. The molecule has 6 nitrogen and oxygen atoms in total. The summed E-state index contributed by atoms with van der Waals surface area (Å²) in [6.45, 7) is 0. The van der Waals surface area contributed by atoms with E-state index < -0.39 is 11.8 Å². The Bertz CT molecular complexity index is 1030. The van der Waals surface area contributed by atoms with Crippen molar-refractivity contribution in [2.45, 2.75) is 11.8 Å². The smallest absolute Gasteiger partial charge is 0.123 e. The molecule has 0 radical (unpaired) electrons. The SMILES string of the molecule is COc1ccc(OC)c2c1C1c3c(O)ccc(O)c3C2c2c(OC)ccc(OC)c21. The van der Waals surface area contributed by atoms with Gasteiger partial charge in [0.05, 0.1) is 28.4 Å². The maximum Gasteiger partial charge on any atom is 0.123 e. The van der Waals surface area contributed by atoms with E-state index in [-0.39, 0.29) is 11.5 Å². The second-order valence-corrected chi connectivity index (χ2v) is 7.39. The zero-order valence-corrected chi connectivity index (χ0v) is 17.1. The Morgan fingerprint density at radius 2 is 0.733 bits per heavy atom. The van der Waals surface area contributed by atoms with Crippen molar-refractivity contribution >= 4 is 0 Å². The minimum Gasteiger partial charge on any atom is -0.508 e. The number of hydrogen-bond donors (Lipinski definition) is 2. The Morgan fingerprint density at radius 3 is 0.967 bits per heavy atom. The molecule has 0 spiro atoms. The Balaban J connectivity index is 2.00. The summed E-state index contributed by atoms with van der Waals surface area (Å²) in [6.07, 6.45) is 0. The second kappa shape index (κ2) is 6.49. The molecule has 0 saturated carbocycles. The Kier molecular flexibility index (Phi) is 4.00. The molecule has 30 heavy (non-hydrogen) atoms. The van der Waals surface area contributed by atoms with Crippen LogP contribution in [0.3, 0.4) is 0 Å². The van der Waals surface area contributed by atoms with Crippen molar-refractivity contribution in [2.75, 3.05) is 28.4 Å². The highest BCUT2D eigenvalue weighted by Gasteiger charge is 2.50. The van der Waals surface area contributed by atoms with Gasteiger partial charge >= 0.3 is 0 Å². The quantitative estimate of drug-likeness (QED) is 0.437. The van der Waals surface area contributed by atoms with Gasteiger partial charge in [-0.1, -0.05) is 0 Å². The van der Waals surface area contributed by atoms with Crippen molar-refractivity contribution in [1.82, 2.24) is 0 Å². The molecule has 0 heterocycles. The zero-order valence-electron chi connectivity index (χ0n) is 17.1. The number of ether oxygens (including phenoxy) is 4. The summed E-state index contributed by atoms with van der Waals surface area (Å²) in [5.74, 6) is 2.13. The molecule has 0 unspecified atom stereocenters. The summed E-state index contributed by atoms with van der Waals surface area (Å²) in [4.78, 5) is 0. The molecule has 6 rings (SSSR count). The van der Waals surface area contributed by atoms with Crippen molar-refractivity contribution in [3.63, 3.8) is 0 Å². The fourth-order valence-corrected chi connectivity index (χ4v) is 5.18.